The van der Waals surface area contributed by atoms with Crippen molar-refractivity contribution in [2.45, 2.75) is 38.8 Å². The van der Waals surface area contributed by atoms with Crippen LogP contribution in [-0.4, -0.2) is 35.7 Å². The molecule has 34 heavy (non-hydrogen) atoms. The SMILES string of the molecule is COc1ccc(-c2nc3ccccc3n2C(CCc2ccccc2)C(=O)NC(C)C)c(OC)c1. The Morgan fingerprint density at radius 3 is 2.41 bits per heavy atom. The largest absolute Gasteiger partial charge is 0.497 e. The Bertz CT molecular complexity index is 1260. The van der Waals surface area contributed by atoms with E-state index in [9.17, 15) is 4.79 Å². The Balaban J connectivity index is 1.87. The summed E-state index contributed by atoms with van der Waals surface area (Å²) in [5.74, 6) is 2.00. The van der Waals surface area contributed by atoms with Crippen molar-refractivity contribution < 1.29 is 14.3 Å². The lowest BCUT2D eigenvalue weighted by Gasteiger charge is -2.23. The van der Waals surface area contributed by atoms with Gasteiger partial charge in [0.1, 0.15) is 23.4 Å². The van der Waals surface area contributed by atoms with Crippen LogP contribution < -0.4 is 14.8 Å². The highest BCUT2D eigenvalue weighted by Crippen LogP contribution is 2.37. The van der Waals surface area contributed by atoms with Gasteiger partial charge >= 0.3 is 0 Å². The molecular formula is C28H31N3O3. The first-order valence-corrected chi connectivity index (χ1v) is 11.6. The van der Waals surface area contributed by atoms with E-state index < -0.39 is 6.04 Å². The fourth-order valence-electron chi connectivity index (χ4n) is 4.24. The minimum Gasteiger partial charge on any atom is -0.497 e. The highest BCUT2D eigenvalue weighted by molar-refractivity contribution is 5.88. The van der Waals surface area contributed by atoms with Gasteiger partial charge in [-0.2, -0.15) is 0 Å². The molecule has 6 heteroatoms. The Hall–Kier alpha value is -3.80. The molecule has 1 unspecified atom stereocenters. The van der Waals surface area contributed by atoms with Crippen molar-refractivity contribution in [3.05, 3.63) is 78.4 Å². The number of imidazole rings is 1. The minimum absolute atomic E-state index is 0.0252. The number of hydrogen-bond donors (Lipinski definition) is 1. The summed E-state index contributed by atoms with van der Waals surface area (Å²) >= 11 is 0. The lowest BCUT2D eigenvalue weighted by Crippen LogP contribution is -2.37. The van der Waals surface area contributed by atoms with Crippen LogP contribution in [0.1, 0.15) is 31.9 Å². The van der Waals surface area contributed by atoms with Crippen LogP contribution in [-0.2, 0) is 11.2 Å². The number of benzene rings is 3. The third-order valence-corrected chi connectivity index (χ3v) is 5.84. The van der Waals surface area contributed by atoms with E-state index >= 15 is 0 Å². The van der Waals surface area contributed by atoms with Crippen LogP contribution in [0.25, 0.3) is 22.4 Å². The molecule has 6 nitrogen and oxygen atoms in total. The fourth-order valence-corrected chi connectivity index (χ4v) is 4.24. The predicted octanol–water partition coefficient (Wildman–Crippen LogP) is 5.42. The van der Waals surface area contributed by atoms with E-state index in [-0.39, 0.29) is 11.9 Å². The van der Waals surface area contributed by atoms with Crippen LogP contribution >= 0.6 is 0 Å². The normalized spacial score (nSPS) is 12.0. The van der Waals surface area contributed by atoms with E-state index in [0.717, 1.165) is 23.0 Å². The summed E-state index contributed by atoms with van der Waals surface area (Å²) < 4.78 is 13.1. The molecule has 4 rings (SSSR count). The number of ether oxygens (including phenoxy) is 2. The van der Waals surface area contributed by atoms with Crippen molar-refractivity contribution in [2.24, 2.45) is 0 Å². The molecule has 0 bridgehead atoms. The second kappa shape index (κ2) is 10.4. The minimum atomic E-state index is -0.447. The van der Waals surface area contributed by atoms with E-state index in [2.05, 4.69) is 22.0 Å². The number of carbonyl (C=O) groups is 1. The van der Waals surface area contributed by atoms with Crippen molar-refractivity contribution in [3.63, 3.8) is 0 Å². The standard InChI is InChI=1S/C28H31N3O3/c1-19(2)29-28(32)25(17-14-20-10-6-5-7-11-20)31-24-13-9-8-12-23(24)30-27(31)22-16-15-21(33-3)18-26(22)34-4/h5-13,15-16,18-19,25H,14,17H2,1-4H3,(H,29,32). The molecule has 0 aliphatic heterocycles. The Kier molecular flexibility index (Phi) is 7.16. The van der Waals surface area contributed by atoms with Crippen LogP contribution in [0.4, 0.5) is 0 Å². The van der Waals surface area contributed by atoms with Gasteiger partial charge in [0.15, 0.2) is 0 Å². The summed E-state index contributed by atoms with van der Waals surface area (Å²) in [5.41, 5.74) is 3.74. The van der Waals surface area contributed by atoms with Gasteiger partial charge in [-0.3, -0.25) is 4.79 Å². The van der Waals surface area contributed by atoms with E-state index in [1.807, 2.05) is 74.5 Å². The number of nitrogens with zero attached hydrogens (tertiary/aromatic N) is 2. The molecule has 0 fully saturated rings. The molecule has 1 amide bonds. The maximum absolute atomic E-state index is 13.5. The Morgan fingerprint density at radius 2 is 1.71 bits per heavy atom. The summed E-state index contributed by atoms with van der Waals surface area (Å²) in [4.78, 5) is 18.5. The summed E-state index contributed by atoms with van der Waals surface area (Å²) in [6.07, 6.45) is 1.40. The fraction of sp³-hybridized carbons (Fsp3) is 0.286. The highest BCUT2D eigenvalue weighted by Gasteiger charge is 2.28. The summed E-state index contributed by atoms with van der Waals surface area (Å²) in [6.45, 7) is 3.96. The van der Waals surface area contributed by atoms with Gasteiger partial charge in [0.25, 0.3) is 0 Å². The van der Waals surface area contributed by atoms with E-state index in [0.29, 0.717) is 23.7 Å². The second-order valence-corrected chi connectivity index (χ2v) is 8.56. The number of fused-ring (bicyclic) bond motifs is 1. The quantitative estimate of drug-likeness (QED) is 0.365. The van der Waals surface area contributed by atoms with Gasteiger partial charge < -0.3 is 19.4 Å². The highest BCUT2D eigenvalue weighted by atomic mass is 16.5. The number of rotatable bonds is 9. The molecule has 1 atom stereocenters. The van der Waals surface area contributed by atoms with E-state index in [1.54, 1.807) is 14.2 Å². The van der Waals surface area contributed by atoms with Crippen molar-refractivity contribution in [1.82, 2.24) is 14.9 Å². The smallest absolute Gasteiger partial charge is 0.243 e. The Morgan fingerprint density at radius 1 is 0.971 bits per heavy atom. The molecular weight excluding hydrogens is 426 g/mol. The predicted molar refractivity (Wildman–Crippen MR) is 135 cm³/mol. The van der Waals surface area contributed by atoms with Gasteiger partial charge in [-0.25, -0.2) is 4.98 Å². The number of methoxy groups -OCH3 is 2. The zero-order valence-electron chi connectivity index (χ0n) is 20.1. The van der Waals surface area contributed by atoms with Crippen LogP contribution in [0, 0.1) is 0 Å². The number of amides is 1. The van der Waals surface area contributed by atoms with E-state index in [1.165, 1.54) is 5.56 Å². The van der Waals surface area contributed by atoms with Crippen molar-refractivity contribution in [3.8, 4) is 22.9 Å². The van der Waals surface area contributed by atoms with Crippen LogP contribution in [0.5, 0.6) is 11.5 Å². The van der Waals surface area contributed by atoms with E-state index in [4.69, 9.17) is 14.5 Å². The summed E-state index contributed by atoms with van der Waals surface area (Å²) in [6, 6.07) is 23.4. The summed E-state index contributed by atoms with van der Waals surface area (Å²) in [7, 11) is 3.25. The van der Waals surface area contributed by atoms with Crippen LogP contribution in [0.3, 0.4) is 0 Å². The van der Waals surface area contributed by atoms with Crippen molar-refractivity contribution in [1.29, 1.82) is 0 Å². The van der Waals surface area contributed by atoms with Gasteiger partial charge in [0.05, 0.1) is 30.8 Å². The molecule has 1 heterocycles. The molecule has 0 spiro atoms. The van der Waals surface area contributed by atoms with Gasteiger partial charge in [0, 0.05) is 12.1 Å². The molecule has 176 valence electrons. The molecule has 4 aromatic rings. The number of nitrogens with one attached hydrogen (secondary N) is 1. The number of aromatic nitrogens is 2. The number of hydrogen-bond acceptors (Lipinski definition) is 4. The second-order valence-electron chi connectivity index (χ2n) is 8.56. The first-order valence-electron chi connectivity index (χ1n) is 11.6. The zero-order valence-corrected chi connectivity index (χ0v) is 20.1. The van der Waals surface area contributed by atoms with Crippen LogP contribution in [0.15, 0.2) is 72.8 Å². The molecule has 0 radical (unpaired) electrons. The van der Waals surface area contributed by atoms with Gasteiger partial charge in [-0.1, -0.05) is 42.5 Å². The third-order valence-electron chi connectivity index (χ3n) is 5.84. The third kappa shape index (κ3) is 4.91. The monoisotopic (exact) mass is 457 g/mol. The summed E-state index contributed by atoms with van der Waals surface area (Å²) in [5, 5.41) is 3.12. The first kappa shape index (κ1) is 23.4. The van der Waals surface area contributed by atoms with Crippen LogP contribution in [0.2, 0.25) is 0 Å². The maximum Gasteiger partial charge on any atom is 0.243 e. The van der Waals surface area contributed by atoms with Crippen molar-refractivity contribution >= 4 is 16.9 Å². The zero-order chi connectivity index (χ0) is 24.1. The molecule has 0 saturated heterocycles. The molecule has 3 aromatic carbocycles. The number of carbonyl (C=O) groups excluding carboxylic acids is 1. The lowest BCUT2D eigenvalue weighted by molar-refractivity contribution is -0.124. The van der Waals surface area contributed by atoms with Crippen molar-refractivity contribution in [2.75, 3.05) is 14.2 Å². The Labute approximate surface area is 200 Å². The van der Waals surface area contributed by atoms with Gasteiger partial charge in [-0.05, 0) is 56.5 Å². The number of para-hydroxylation sites is 2. The molecule has 1 aromatic heterocycles. The first-order chi connectivity index (χ1) is 16.5. The van der Waals surface area contributed by atoms with Gasteiger partial charge in [0.2, 0.25) is 5.91 Å². The molecule has 0 saturated carbocycles. The topological polar surface area (TPSA) is 65.4 Å². The average molecular weight is 458 g/mol. The molecule has 0 aliphatic rings. The van der Waals surface area contributed by atoms with Gasteiger partial charge in [-0.15, -0.1) is 0 Å². The maximum atomic E-state index is 13.5. The molecule has 1 N–H and O–H groups in total. The number of aryl methyl sites for hydroxylation is 1. The average Bonchev–Trinajstić information content (AvgIpc) is 3.23. The molecule has 0 aliphatic carbocycles. The lowest BCUT2D eigenvalue weighted by atomic mass is 10.0.